The number of benzene rings is 1. The smallest absolute Gasteiger partial charge is 0.410 e. The van der Waals surface area contributed by atoms with Gasteiger partial charge in [-0.1, -0.05) is 0 Å². The van der Waals surface area contributed by atoms with E-state index in [9.17, 15) is 4.79 Å². The van der Waals surface area contributed by atoms with Gasteiger partial charge in [0.15, 0.2) is 11.5 Å². The Labute approximate surface area is 171 Å². The van der Waals surface area contributed by atoms with E-state index in [1.165, 1.54) is 0 Å². The van der Waals surface area contributed by atoms with E-state index < -0.39 is 5.60 Å². The zero-order chi connectivity index (χ0) is 20.4. The highest BCUT2D eigenvalue weighted by molar-refractivity contribution is 5.69. The van der Waals surface area contributed by atoms with Crippen molar-refractivity contribution in [2.75, 3.05) is 24.8 Å². The third kappa shape index (κ3) is 4.39. The topological polar surface area (TPSA) is 64.1 Å². The molecule has 0 aliphatic carbocycles. The van der Waals surface area contributed by atoms with Crippen molar-refractivity contribution in [2.24, 2.45) is 0 Å². The number of fused-ring (bicyclic) bond motifs is 1. The maximum absolute atomic E-state index is 12.4. The average Bonchev–Trinajstić information content (AvgIpc) is 3.16. The molecule has 3 heterocycles. The van der Waals surface area contributed by atoms with E-state index in [0.717, 1.165) is 35.7 Å². The fourth-order valence-electron chi connectivity index (χ4n) is 3.74. The van der Waals surface area contributed by atoms with Gasteiger partial charge in [-0.2, -0.15) is 0 Å². The molecule has 2 aliphatic rings. The average molecular weight is 397 g/mol. The van der Waals surface area contributed by atoms with Gasteiger partial charge in [-0.15, -0.1) is 0 Å². The molecule has 0 radical (unpaired) electrons. The maximum Gasteiger partial charge on any atom is 0.410 e. The van der Waals surface area contributed by atoms with E-state index in [1.807, 2.05) is 51.2 Å². The fraction of sp³-hybridized carbons (Fsp3) is 0.455. The second-order valence-corrected chi connectivity index (χ2v) is 8.32. The molecule has 1 aromatic heterocycles. The zero-order valence-electron chi connectivity index (χ0n) is 17.1. The highest BCUT2D eigenvalue weighted by Crippen LogP contribution is 2.39. The first-order valence-electron chi connectivity index (χ1n) is 9.97. The molecule has 1 saturated heterocycles. The number of aromatic nitrogens is 1. The van der Waals surface area contributed by atoms with Crippen molar-refractivity contribution in [2.45, 2.75) is 45.3 Å². The van der Waals surface area contributed by atoms with Gasteiger partial charge in [-0.05, 0) is 57.9 Å². The summed E-state index contributed by atoms with van der Waals surface area (Å²) in [7, 11) is 0. The standard InChI is InChI=1S/C22H27N3O4/c1-22(2,3)29-21(26)24-11-8-16(9-12-24)25(18-5-4-10-23-14-18)17-6-7-19-20(13-17)28-15-27-19/h4-7,10,13-14,16H,8-9,11-12,15H2,1-3H3. The number of likely N-dealkylation sites (tertiary alicyclic amines) is 1. The Bertz CT molecular complexity index is 858. The predicted molar refractivity (Wildman–Crippen MR) is 110 cm³/mol. The van der Waals surface area contributed by atoms with Gasteiger partial charge < -0.3 is 24.0 Å². The number of rotatable bonds is 3. The number of ether oxygens (including phenoxy) is 3. The van der Waals surface area contributed by atoms with Crippen LogP contribution in [0.2, 0.25) is 0 Å². The third-order valence-corrected chi connectivity index (χ3v) is 5.04. The molecule has 7 nitrogen and oxygen atoms in total. The van der Waals surface area contributed by atoms with Gasteiger partial charge >= 0.3 is 6.09 Å². The molecule has 0 atom stereocenters. The lowest BCUT2D eigenvalue weighted by molar-refractivity contribution is 0.0206. The van der Waals surface area contributed by atoms with Crippen molar-refractivity contribution in [3.05, 3.63) is 42.7 Å². The van der Waals surface area contributed by atoms with Gasteiger partial charge in [-0.3, -0.25) is 4.98 Å². The molecule has 0 saturated carbocycles. The van der Waals surface area contributed by atoms with Crippen LogP contribution in [0.15, 0.2) is 42.7 Å². The summed E-state index contributed by atoms with van der Waals surface area (Å²) in [6.07, 6.45) is 5.06. The molecular weight excluding hydrogens is 370 g/mol. The first kappa shape index (κ1) is 19.4. The molecule has 0 unspecified atom stereocenters. The van der Waals surface area contributed by atoms with Crippen LogP contribution in [0.3, 0.4) is 0 Å². The Kier molecular flexibility index (Phi) is 5.22. The van der Waals surface area contributed by atoms with Crippen LogP contribution in [0, 0.1) is 0 Å². The second-order valence-electron chi connectivity index (χ2n) is 8.32. The molecule has 154 valence electrons. The number of carbonyl (C=O) groups excluding carboxylic acids is 1. The number of piperidine rings is 1. The van der Waals surface area contributed by atoms with E-state index in [1.54, 1.807) is 11.1 Å². The summed E-state index contributed by atoms with van der Waals surface area (Å²) in [6.45, 7) is 7.23. The van der Waals surface area contributed by atoms with Gasteiger partial charge in [0.2, 0.25) is 6.79 Å². The summed E-state index contributed by atoms with van der Waals surface area (Å²) in [5.41, 5.74) is 1.56. The summed E-state index contributed by atoms with van der Waals surface area (Å²) in [5, 5.41) is 0. The molecular formula is C22H27N3O4. The van der Waals surface area contributed by atoms with Gasteiger partial charge in [0.1, 0.15) is 5.60 Å². The number of amides is 1. The van der Waals surface area contributed by atoms with E-state index in [-0.39, 0.29) is 18.9 Å². The van der Waals surface area contributed by atoms with Crippen LogP contribution in [0.5, 0.6) is 11.5 Å². The minimum atomic E-state index is -0.484. The van der Waals surface area contributed by atoms with Crippen molar-refractivity contribution in [3.63, 3.8) is 0 Å². The minimum absolute atomic E-state index is 0.234. The lowest BCUT2D eigenvalue weighted by atomic mass is 10.0. The highest BCUT2D eigenvalue weighted by atomic mass is 16.7. The van der Waals surface area contributed by atoms with Crippen LogP contribution < -0.4 is 14.4 Å². The number of hydrogen-bond donors (Lipinski definition) is 0. The monoisotopic (exact) mass is 397 g/mol. The van der Waals surface area contributed by atoms with Crippen molar-refractivity contribution in [1.29, 1.82) is 0 Å². The first-order chi connectivity index (χ1) is 13.9. The summed E-state index contributed by atoms with van der Waals surface area (Å²) in [6, 6.07) is 10.2. The zero-order valence-corrected chi connectivity index (χ0v) is 17.1. The Morgan fingerprint density at radius 1 is 1.14 bits per heavy atom. The lowest BCUT2D eigenvalue weighted by Gasteiger charge is -2.40. The summed E-state index contributed by atoms with van der Waals surface area (Å²) < 4.78 is 16.6. The van der Waals surface area contributed by atoms with Crippen molar-refractivity contribution >= 4 is 17.5 Å². The van der Waals surface area contributed by atoms with Gasteiger partial charge in [0, 0.05) is 37.1 Å². The quantitative estimate of drug-likeness (QED) is 0.767. The Hall–Kier alpha value is -2.96. The molecule has 7 heteroatoms. The summed E-state index contributed by atoms with van der Waals surface area (Å²) in [5.74, 6) is 1.52. The van der Waals surface area contributed by atoms with Crippen LogP contribution in [0.25, 0.3) is 0 Å². The van der Waals surface area contributed by atoms with E-state index in [4.69, 9.17) is 14.2 Å². The molecule has 0 spiro atoms. The normalized spacial score (nSPS) is 16.6. The Morgan fingerprint density at radius 2 is 1.90 bits per heavy atom. The van der Waals surface area contributed by atoms with Crippen molar-refractivity contribution < 1.29 is 19.0 Å². The van der Waals surface area contributed by atoms with Crippen LogP contribution in [-0.2, 0) is 4.74 Å². The molecule has 29 heavy (non-hydrogen) atoms. The van der Waals surface area contributed by atoms with E-state index >= 15 is 0 Å². The van der Waals surface area contributed by atoms with Crippen molar-refractivity contribution in [3.8, 4) is 11.5 Å². The van der Waals surface area contributed by atoms with Gasteiger partial charge in [-0.25, -0.2) is 4.79 Å². The maximum atomic E-state index is 12.4. The minimum Gasteiger partial charge on any atom is -0.454 e. The lowest BCUT2D eigenvalue weighted by Crippen LogP contribution is -2.47. The van der Waals surface area contributed by atoms with Gasteiger partial charge in [0.05, 0.1) is 11.9 Å². The molecule has 2 aliphatic heterocycles. The number of anilines is 2. The number of nitrogens with zero attached hydrogens (tertiary/aromatic N) is 3. The molecule has 0 N–H and O–H groups in total. The molecule has 4 rings (SSSR count). The SMILES string of the molecule is CC(C)(C)OC(=O)N1CCC(N(c2cccnc2)c2ccc3c(c2)OCO3)CC1. The molecule has 1 aromatic carbocycles. The van der Waals surface area contributed by atoms with Crippen LogP contribution in [-0.4, -0.2) is 47.5 Å². The van der Waals surface area contributed by atoms with Crippen LogP contribution in [0.1, 0.15) is 33.6 Å². The number of carbonyl (C=O) groups is 1. The highest BCUT2D eigenvalue weighted by Gasteiger charge is 2.31. The van der Waals surface area contributed by atoms with Crippen LogP contribution >= 0.6 is 0 Å². The van der Waals surface area contributed by atoms with E-state index in [2.05, 4.69) is 16.0 Å². The Balaban J connectivity index is 1.53. The summed E-state index contributed by atoms with van der Waals surface area (Å²) in [4.78, 5) is 20.8. The molecule has 0 bridgehead atoms. The largest absolute Gasteiger partial charge is 0.454 e. The molecule has 1 fully saturated rings. The van der Waals surface area contributed by atoms with E-state index in [0.29, 0.717) is 13.1 Å². The van der Waals surface area contributed by atoms with Crippen LogP contribution in [0.4, 0.5) is 16.2 Å². The second kappa shape index (κ2) is 7.81. The van der Waals surface area contributed by atoms with Gasteiger partial charge in [0.25, 0.3) is 0 Å². The summed E-state index contributed by atoms with van der Waals surface area (Å²) >= 11 is 0. The first-order valence-corrected chi connectivity index (χ1v) is 9.97. The molecule has 2 aromatic rings. The third-order valence-electron chi connectivity index (χ3n) is 5.04. The predicted octanol–water partition coefficient (Wildman–Crippen LogP) is 4.35. The molecule has 1 amide bonds. The number of hydrogen-bond acceptors (Lipinski definition) is 6. The number of pyridine rings is 1. The fourth-order valence-corrected chi connectivity index (χ4v) is 3.74. The Morgan fingerprint density at radius 3 is 2.59 bits per heavy atom. The van der Waals surface area contributed by atoms with Crippen molar-refractivity contribution in [1.82, 2.24) is 9.88 Å².